The lowest BCUT2D eigenvalue weighted by Crippen LogP contribution is -1.56. The molecule has 7 heavy (non-hydrogen) atoms. The molecular weight excluding hydrogens is 90.1 g/mol. The first-order chi connectivity index (χ1) is 3.41. The highest BCUT2D eigenvalue weighted by Gasteiger charge is 1.53. The van der Waals surface area contributed by atoms with Crippen LogP contribution in [0.4, 0.5) is 0 Å². The summed E-state index contributed by atoms with van der Waals surface area (Å²) < 4.78 is 0. The fraction of sp³-hybridized carbons (Fsp3) is 0.250. The average Bonchev–Trinajstić information content (AvgIpc) is 1.69. The summed E-state index contributed by atoms with van der Waals surface area (Å²) in [6.07, 6.45) is 2.70. The van der Waals surface area contributed by atoms with E-state index in [0.717, 1.165) is 0 Å². The Morgan fingerprint density at radius 3 is 2.57 bits per heavy atom. The summed E-state index contributed by atoms with van der Waals surface area (Å²) in [4.78, 5) is 3.54. The minimum absolute atomic E-state index is 1.35. The molecule has 0 saturated carbocycles. The molecule has 0 rings (SSSR count). The van der Waals surface area contributed by atoms with E-state index in [0.29, 0.717) is 0 Å². The van der Waals surface area contributed by atoms with E-state index in [9.17, 15) is 0 Å². The Morgan fingerprint density at radius 1 is 1.43 bits per heavy atom. The quantitative estimate of drug-likeness (QED) is 0.282. The van der Waals surface area contributed by atoms with Crippen molar-refractivity contribution in [2.24, 2.45) is 15.2 Å². The molecule has 0 N–H and O–H groups in total. The molecule has 0 saturated heterocycles. The van der Waals surface area contributed by atoms with Crippen LogP contribution in [0.3, 0.4) is 0 Å². The number of hydrogen-bond donors (Lipinski definition) is 0. The molecule has 0 aromatic carbocycles. The van der Waals surface area contributed by atoms with Crippen LogP contribution in [0.15, 0.2) is 28.0 Å². The van der Waals surface area contributed by atoms with Gasteiger partial charge in [-0.25, -0.2) is 0 Å². The van der Waals surface area contributed by atoms with Crippen LogP contribution < -0.4 is 0 Å². The minimum Gasteiger partial charge on any atom is -0.275 e. The van der Waals surface area contributed by atoms with Crippen LogP contribution in [0.1, 0.15) is 0 Å². The topological polar surface area (TPSA) is 37.1 Å². The van der Waals surface area contributed by atoms with Gasteiger partial charge in [0, 0.05) is 13.2 Å². The largest absolute Gasteiger partial charge is 0.275 e. The summed E-state index contributed by atoms with van der Waals surface area (Å²) >= 11 is 0. The third kappa shape index (κ3) is 5.01. The predicted molar refractivity (Wildman–Crippen MR) is 29.5 cm³/mol. The van der Waals surface area contributed by atoms with E-state index >= 15 is 0 Å². The summed E-state index contributed by atoms with van der Waals surface area (Å²) in [5, 5.41) is 6.82. The van der Waals surface area contributed by atoms with Crippen molar-refractivity contribution < 1.29 is 0 Å². The summed E-state index contributed by atoms with van der Waals surface area (Å²) in [6, 6.07) is 0. The third-order valence-corrected chi connectivity index (χ3v) is 0.315. The Balaban J connectivity index is 3.27. The van der Waals surface area contributed by atoms with E-state index in [1.807, 2.05) is 0 Å². The highest BCUT2D eigenvalue weighted by Crippen LogP contribution is 1.67. The average molecular weight is 97.1 g/mol. The monoisotopic (exact) mass is 97.1 g/mol. The van der Waals surface area contributed by atoms with Gasteiger partial charge >= 0.3 is 0 Å². The van der Waals surface area contributed by atoms with Crippen LogP contribution >= 0.6 is 0 Å². The van der Waals surface area contributed by atoms with Gasteiger partial charge in [-0.3, -0.25) is 4.99 Å². The van der Waals surface area contributed by atoms with Gasteiger partial charge in [0.1, 0.15) is 6.34 Å². The molecule has 0 aliphatic carbocycles. The molecule has 0 aliphatic rings. The smallest absolute Gasteiger partial charge is 0.132 e. The van der Waals surface area contributed by atoms with Gasteiger partial charge in [0.15, 0.2) is 0 Å². The van der Waals surface area contributed by atoms with Crippen LogP contribution in [0.25, 0.3) is 0 Å². The van der Waals surface area contributed by atoms with E-state index < -0.39 is 0 Å². The third-order valence-electron chi connectivity index (χ3n) is 0.315. The second-order valence-electron chi connectivity index (χ2n) is 0.787. The van der Waals surface area contributed by atoms with Gasteiger partial charge in [0.25, 0.3) is 0 Å². The van der Waals surface area contributed by atoms with E-state index in [-0.39, 0.29) is 0 Å². The molecule has 0 aromatic rings. The highest BCUT2D eigenvalue weighted by atomic mass is 15.1. The predicted octanol–water partition coefficient (Wildman–Crippen LogP) is 1.24. The normalized spacial score (nSPS) is 11.0. The van der Waals surface area contributed by atoms with Crippen LogP contribution in [-0.4, -0.2) is 13.4 Å². The molecule has 0 radical (unpaired) electrons. The van der Waals surface area contributed by atoms with Crippen LogP contribution in [0.2, 0.25) is 0 Å². The molecule has 38 valence electrons. The summed E-state index contributed by atoms with van der Waals surface area (Å²) in [6.45, 7) is 3.31. The van der Waals surface area contributed by atoms with Crippen molar-refractivity contribution in [2.45, 2.75) is 0 Å². The fourth-order valence-electron chi connectivity index (χ4n) is 0.129. The second kappa shape index (κ2) is 5.01. The number of rotatable bonds is 2. The molecular formula is C4H7N3. The summed E-state index contributed by atoms with van der Waals surface area (Å²) in [7, 11) is 1.63. The van der Waals surface area contributed by atoms with E-state index in [4.69, 9.17) is 0 Å². The summed E-state index contributed by atoms with van der Waals surface area (Å²) in [5.74, 6) is 0. The zero-order chi connectivity index (χ0) is 5.54. The molecule has 0 unspecified atom stereocenters. The Labute approximate surface area is 42.5 Å². The lowest BCUT2D eigenvalue weighted by atomic mass is 11.1. The van der Waals surface area contributed by atoms with Gasteiger partial charge in [-0.05, 0) is 0 Å². The summed E-state index contributed by atoms with van der Waals surface area (Å²) in [5.41, 5.74) is 0. The Kier molecular flexibility index (Phi) is 4.30. The van der Waals surface area contributed by atoms with E-state index in [1.165, 1.54) is 12.5 Å². The van der Waals surface area contributed by atoms with Crippen LogP contribution in [0, 0.1) is 0 Å². The van der Waals surface area contributed by atoms with Crippen LogP contribution in [0.5, 0.6) is 0 Å². The second-order valence-corrected chi connectivity index (χ2v) is 0.787. The maximum atomic E-state index is 3.54. The standard InChI is InChI=1S/C4H7N3/c1-3-6-7-4-5-2/h3-4H,1H2,2H3/b5-4-,7-6-. The zero-order valence-electron chi connectivity index (χ0n) is 4.20. The SMILES string of the molecule is C=C/N=N\C=N/C. The minimum atomic E-state index is 1.35. The van der Waals surface area contributed by atoms with Crippen LogP contribution in [-0.2, 0) is 0 Å². The Bertz CT molecular complexity index is 93.1. The van der Waals surface area contributed by atoms with Crippen molar-refractivity contribution in [1.29, 1.82) is 0 Å². The molecule has 0 heterocycles. The number of azo groups is 1. The number of aliphatic imine (C=N–C) groups is 1. The molecule has 3 nitrogen and oxygen atoms in total. The van der Waals surface area contributed by atoms with Gasteiger partial charge in [-0.2, -0.15) is 5.11 Å². The molecule has 0 aliphatic heterocycles. The molecule has 0 bridgehead atoms. The first-order valence-electron chi connectivity index (χ1n) is 1.83. The Morgan fingerprint density at radius 2 is 2.14 bits per heavy atom. The first kappa shape index (κ1) is 6.01. The Hall–Kier alpha value is -0.990. The van der Waals surface area contributed by atoms with Gasteiger partial charge in [-0.15, -0.1) is 5.11 Å². The molecule has 0 aromatic heterocycles. The lowest BCUT2D eigenvalue weighted by Gasteiger charge is -1.65. The molecule has 0 amide bonds. The molecule has 0 atom stereocenters. The van der Waals surface area contributed by atoms with Crippen molar-refractivity contribution in [3.05, 3.63) is 12.8 Å². The van der Waals surface area contributed by atoms with Gasteiger partial charge in [-0.1, -0.05) is 6.58 Å². The fourth-order valence-corrected chi connectivity index (χ4v) is 0.129. The number of nitrogens with zero attached hydrogens (tertiary/aromatic N) is 3. The highest BCUT2D eigenvalue weighted by molar-refractivity contribution is 5.53. The van der Waals surface area contributed by atoms with E-state index in [2.05, 4.69) is 21.8 Å². The van der Waals surface area contributed by atoms with Gasteiger partial charge < -0.3 is 0 Å². The number of hydrogen-bond acceptors (Lipinski definition) is 2. The van der Waals surface area contributed by atoms with Gasteiger partial charge in [0.05, 0.1) is 0 Å². The van der Waals surface area contributed by atoms with E-state index in [1.54, 1.807) is 7.05 Å². The van der Waals surface area contributed by atoms with Crippen molar-refractivity contribution in [1.82, 2.24) is 0 Å². The molecule has 3 heteroatoms. The van der Waals surface area contributed by atoms with Crippen molar-refractivity contribution >= 4 is 6.34 Å². The van der Waals surface area contributed by atoms with Crippen molar-refractivity contribution in [3.8, 4) is 0 Å². The zero-order valence-corrected chi connectivity index (χ0v) is 4.20. The maximum Gasteiger partial charge on any atom is 0.132 e. The van der Waals surface area contributed by atoms with Gasteiger partial charge in [0.2, 0.25) is 0 Å². The maximum absolute atomic E-state index is 3.54. The molecule has 0 spiro atoms. The van der Waals surface area contributed by atoms with Crippen molar-refractivity contribution in [2.75, 3.05) is 7.05 Å². The molecule has 0 fully saturated rings. The lowest BCUT2D eigenvalue weighted by molar-refractivity contribution is 1.28. The first-order valence-corrected chi connectivity index (χ1v) is 1.83. The van der Waals surface area contributed by atoms with Crippen molar-refractivity contribution in [3.63, 3.8) is 0 Å².